The van der Waals surface area contributed by atoms with Crippen molar-refractivity contribution >= 4 is 23.5 Å². The third-order valence-electron chi connectivity index (χ3n) is 11.1. The van der Waals surface area contributed by atoms with Crippen molar-refractivity contribution in [3.05, 3.63) is 44.0 Å². The molecule has 0 aromatic heterocycles. The summed E-state index contributed by atoms with van der Waals surface area (Å²) in [7, 11) is 0. The molecule has 16 heteroatoms. The summed E-state index contributed by atoms with van der Waals surface area (Å²) in [6.07, 6.45) is 3.83. The summed E-state index contributed by atoms with van der Waals surface area (Å²) in [5.74, 6) is -4.51. The average molecular weight is 683 g/mol. The van der Waals surface area contributed by atoms with E-state index in [2.05, 4.69) is 9.68 Å². The number of unbranched alkanes of at least 4 members (excludes halogenated alkanes) is 2. The van der Waals surface area contributed by atoms with Gasteiger partial charge in [-0.05, 0) is 57.4 Å². The summed E-state index contributed by atoms with van der Waals surface area (Å²) in [5, 5.41) is 30.6. The number of alkyl halides is 1. The molecule has 1 N–H and O–H groups in total. The van der Waals surface area contributed by atoms with Crippen molar-refractivity contribution in [1.82, 2.24) is 0 Å². The first kappa shape index (κ1) is 36.9. The Balaban J connectivity index is 1.60. The maximum absolute atomic E-state index is 17.7. The zero-order chi connectivity index (χ0) is 35.5. The number of esters is 2. The fourth-order valence-corrected chi connectivity index (χ4v) is 8.90. The van der Waals surface area contributed by atoms with Crippen molar-refractivity contribution in [2.24, 2.45) is 28.6 Å². The van der Waals surface area contributed by atoms with Gasteiger partial charge in [-0.3, -0.25) is 19.2 Å². The molecule has 0 aromatic rings. The highest BCUT2D eigenvalue weighted by Gasteiger charge is 2.77. The van der Waals surface area contributed by atoms with Gasteiger partial charge in [-0.15, -0.1) is 20.2 Å². The number of allylic oxidation sites excluding steroid dienone is 4. The van der Waals surface area contributed by atoms with Gasteiger partial charge in [0.05, 0.1) is 19.3 Å². The van der Waals surface area contributed by atoms with Gasteiger partial charge in [0.25, 0.3) is 10.2 Å². The van der Waals surface area contributed by atoms with Gasteiger partial charge in [0.2, 0.25) is 5.78 Å². The quantitative estimate of drug-likeness (QED) is 0.0809. The van der Waals surface area contributed by atoms with Crippen molar-refractivity contribution in [2.45, 2.75) is 102 Å². The van der Waals surface area contributed by atoms with Gasteiger partial charge in [-0.1, -0.05) is 38.0 Å². The first-order valence-corrected chi connectivity index (χ1v) is 16.3. The number of fused-ring (bicyclic) bond motifs is 5. The third kappa shape index (κ3) is 6.54. The van der Waals surface area contributed by atoms with Crippen molar-refractivity contribution < 1.29 is 58.0 Å². The molecule has 266 valence electrons. The number of carbonyl (C=O) groups excluding carboxylic acids is 4. The molecule has 15 nitrogen and oxygen atoms in total. The molecule has 4 aliphatic carbocycles. The second-order valence-corrected chi connectivity index (χ2v) is 13.7. The van der Waals surface area contributed by atoms with Gasteiger partial charge in [-0.25, -0.2) is 4.39 Å². The molecule has 0 bridgehead atoms. The number of nitrogens with zero attached hydrogens (tertiary/aromatic N) is 2. The van der Waals surface area contributed by atoms with E-state index in [4.69, 9.17) is 9.47 Å². The van der Waals surface area contributed by atoms with Crippen molar-refractivity contribution in [1.29, 1.82) is 0 Å². The summed E-state index contributed by atoms with van der Waals surface area (Å²) in [6, 6.07) is 0. The average Bonchev–Trinajstić information content (AvgIpc) is 3.22. The van der Waals surface area contributed by atoms with Crippen LogP contribution in [0.2, 0.25) is 0 Å². The normalized spacial score (nSPS) is 34.9. The number of halogens is 1. The van der Waals surface area contributed by atoms with Gasteiger partial charge in [0.15, 0.2) is 23.7 Å². The minimum Gasteiger partial charge on any atom is -0.457 e. The van der Waals surface area contributed by atoms with Crippen LogP contribution in [-0.4, -0.2) is 76.0 Å². The van der Waals surface area contributed by atoms with Crippen LogP contribution in [0.4, 0.5) is 4.39 Å². The number of Topliss-reactive ketones (excluding diaryl/α,β-unsaturated/α-hetero) is 1. The summed E-state index contributed by atoms with van der Waals surface area (Å²) in [5.41, 5.74) is -6.07. The van der Waals surface area contributed by atoms with Gasteiger partial charge >= 0.3 is 11.9 Å². The Kier molecular flexibility index (Phi) is 11.0. The van der Waals surface area contributed by atoms with Crippen LogP contribution < -0.4 is 0 Å². The highest BCUT2D eigenvalue weighted by atomic mass is 19.1. The standard InChI is InChI=1S/C32H43FN2O13/c1-20-16-24-23-11-10-21-17-22(36)12-13-29(21,2)31(23,33)25(37)18-30(24,3)32(20,48-28(40)8-5-4-6-14-46-34(41)42)26(38)19-45-27(39)9-7-15-47-35(43)44/h10,12-13,20,23-25,37H,4-9,11,14-19H2,1-3H3/t20-,23?,24?,25-,29-,30-,31-,32-/m0/s1. The Morgan fingerprint density at radius 2 is 1.65 bits per heavy atom. The van der Waals surface area contributed by atoms with E-state index in [1.165, 1.54) is 12.2 Å². The molecule has 0 heterocycles. The number of rotatable bonds is 16. The first-order chi connectivity index (χ1) is 22.5. The summed E-state index contributed by atoms with van der Waals surface area (Å²) in [4.78, 5) is 81.5. The Bertz CT molecular complexity index is 1390. The lowest BCUT2D eigenvalue weighted by Gasteiger charge is -2.62. The predicted octanol–water partition coefficient (Wildman–Crippen LogP) is 3.75. The zero-order valence-corrected chi connectivity index (χ0v) is 27.4. The fraction of sp³-hybridized carbons (Fsp3) is 0.750. The lowest BCUT2D eigenvalue weighted by atomic mass is 9.45. The molecule has 0 spiro atoms. The minimum atomic E-state index is -2.19. The minimum absolute atomic E-state index is 0.0398. The number of hydrogen-bond donors (Lipinski definition) is 1. The molecule has 2 saturated carbocycles. The van der Waals surface area contributed by atoms with Crippen LogP contribution >= 0.6 is 0 Å². The van der Waals surface area contributed by atoms with E-state index in [-0.39, 0.29) is 70.4 Å². The molecule has 0 radical (unpaired) electrons. The number of ketones is 2. The van der Waals surface area contributed by atoms with Crippen LogP contribution in [0.25, 0.3) is 0 Å². The van der Waals surface area contributed by atoms with Gasteiger partial charge in [0, 0.05) is 41.9 Å². The number of carbonyl (C=O) groups is 4. The number of aliphatic hydroxyl groups is 1. The van der Waals surface area contributed by atoms with Crippen LogP contribution in [0.1, 0.15) is 85.0 Å². The van der Waals surface area contributed by atoms with Gasteiger partial charge < -0.3 is 24.3 Å². The molecule has 4 aliphatic rings. The van der Waals surface area contributed by atoms with E-state index < -0.39 is 80.5 Å². The third-order valence-corrected chi connectivity index (χ3v) is 11.1. The number of aliphatic hydroxyl groups excluding tert-OH is 1. The van der Waals surface area contributed by atoms with Crippen LogP contribution in [-0.2, 0) is 38.3 Å². The molecule has 0 saturated heterocycles. The van der Waals surface area contributed by atoms with E-state index in [9.17, 15) is 44.5 Å². The molecule has 4 rings (SSSR count). The Hall–Kier alpha value is -3.95. The topological polar surface area (TPSA) is 212 Å². The van der Waals surface area contributed by atoms with Crippen molar-refractivity contribution in [3.8, 4) is 0 Å². The maximum atomic E-state index is 17.7. The molecule has 0 aliphatic heterocycles. The smallest absolute Gasteiger partial charge is 0.306 e. The van der Waals surface area contributed by atoms with E-state index in [1.54, 1.807) is 20.8 Å². The maximum Gasteiger partial charge on any atom is 0.306 e. The molecular formula is C32H43FN2O13. The van der Waals surface area contributed by atoms with E-state index in [1.807, 2.05) is 6.08 Å². The number of ether oxygens (including phenoxy) is 2. The second-order valence-electron chi connectivity index (χ2n) is 13.7. The lowest BCUT2D eigenvalue weighted by molar-refractivity contribution is -0.757. The first-order valence-electron chi connectivity index (χ1n) is 16.3. The van der Waals surface area contributed by atoms with Crippen LogP contribution in [0.5, 0.6) is 0 Å². The molecule has 0 aromatic carbocycles. The van der Waals surface area contributed by atoms with Crippen molar-refractivity contribution in [2.75, 3.05) is 19.8 Å². The largest absolute Gasteiger partial charge is 0.457 e. The lowest BCUT2D eigenvalue weighted by Crippen LogP contribution is -2.69. The Morgan fingerprint density at radius 3 is 2.31 bits per heavy atom. The second kappa shape index (κ2) is 14.3. The molecule has 48 heavy (non-hydrogen) atoms. The monoisotopic (exact) mass is 682 g/mol. The Labute approximate surface area is 276 Å². The number of hydrogen-bond acceptors (Lipinski definition) is 13. The van der Waals surface area contributed by atoms with Crippen LogP contribution in [0.15, 0.2) is 23.8 Å². The van der Waals surface area contributed by atoms with Crippen LogP contribution in [0.3, 0.4) is 0 Å². The summed E-state index contributed by atoms with van der Waals surface area (Å²) < 4.78 is 29.0. The molecular weight excluding hydrogens is 639 g/mol. The highest BCUT2D eigenvalue weighted by Crippen LogP contribution is 2.71. The van der Waals surface area contributed by atoms with E-state index in [0.29, 0.717) is 18.4 Å². The van der Waals surface area contributed by atoms with Crippen molar-refractivity contribution in [3.63, 3.8) is 0 Å². The van der Waals surface area contributed by atoms with E-state index >= 15 is 4.39 Å². The summed E-state index contributed by atoms with van der Waals surface area (Å²) in [6.45, 7) is 3.79. The Morgan fingerprint density at radius 1 is 1.00 bits per heavy atom. The molecule has 2 unspecified atom stereocenters. The molecule has 0 amide bonds. The highest BCUT2D eigenvalue weighted by molar-refractivity contribution is 5.94. The fourth-order valence-electron chi connectivity index (χ4n) is 8.90. The molecule has 2 fully saturated rings. The summed E-state index contributed by atoms with van der Waals surface area (Å²) >= 11 is 0. The van der Waals surface area contributed by atoms with Gasteiger partial charge in [-0.2, -0.15) is 0 Å². The van der Waals surface area contributed by atoms with E-state index in [0.717, 1.165) is 0 Å². The van der Waals surface area contributed by atoms with Crippen LogP contribution in [0, 0.1) is 48.8 Å². The predicted molar refractivity (Wildman–Crippen MR) is 161 cm³/mol. The van der Waals surface area contributed by atoms with Gasteiger partial charge in [0.1, 0.15) is 0 Å². The SMILES string of the molecule is C[C@H]1CC2C3CC=C4CC(=O)C=C[C@]4(C)[C@@]3(F)[C@@H](O)C[C@]2(C)[C@@]1(OC(=O)CCCCCO[N+](=O)[O-])C(=O)COC(=O)CCCO[N+](=O)[O-]. The molecule has 8 atom stereocenters. The zero-order valence-electron chi connectivity index (χ0n) is 27.4.